The van der Waals surface area contributed by atoms with Crippen molar-refractivity contribution in [2.45, 2.75) is 43.5 Å². The van der Waals surface area contributed by atoms with Crippen molar-refractivity contribution in [2.75, 3.05) is 6.54 Å². The second-order valence-electron chi connectivity index (χ2n) is 6.22. The van der Waals surface area contributed by atoms with Crippen molar-refractivity contribution in [1.82, 2.24) is 13.4 Å². The number of benzene rings is 1. The predicted octanol–water partition coefficient (Wildman–Crippen LogP) is 1.83. The first kappa shape index (κ1) is 16.3. The van der Waals surface area contributed by atoms with E-state index in [4.69, 9.17) is 0 Å². The molecule has 23 heavy (non-hydrogen) atoms. The maximum atomic E-state index is 13.0. The van der Waals surface area contributed by atoms with Gasteiger partial charge in [0.05, 0.1) is 15.9 Å². The Morgan fingerprint density at radius 2 is 1.83 bits per heavy atom. The number of aromatic nitrogens is 2. The van der Waals surface area contributed by atoms with Crippen LogP contribution in [-0.4, -0.2) is 34.4 Å². The number of fused-ring (bicyclic) bond motifs is 1. The van der Waals surface area contributed by atoms with Crippen molar-refractivity contribution in [2.24, 2.45) is 14.1 Å². The van der Waals surface area contributed by atoms with Crippen LogP contribution < -0.4 is 5.69 Å². The molecule has 0 spiro atoms. The molecule has 3 rings (SSSR count). The molecule has 126 valence electrons. The molecule has 1 fully saturated rings. The number of hydrogen-bond acceptors (Lipinski definition) is 3. The molecule has 1 atom stereocenters. The summed E-state index contributed by atoms with van der Waals surface area (Å²) in [4.78, 5) is 12.3. The van der Waals surface area contributed by atoms with Gasteiger partial charge in [-0.1, -0.05) is 13.3 Å². The number of piperidine rings is 1. The van der Waals surface area contributed by atoms with E-state index in [1.807, 2.05) is 6.92 Å². The standard InChI is InChI=1S/C16H23N3O3S/c1-4-12-7-5-6-10-19(12)23(21,22)13-8-9-14-15(11-13)18(3)16(20)17(14)2/h8-9,11-12H,4-7,10H2,1-3H3. The Morgan fingerprint density at radius 3 is 2.52 bits per heavy atom. The van der Waals surface area contributed by atoms with Gasteiger partial charge in [0.2, 0.25) is 10.0 Å². The van der Waals surface area contributed by atoms with Gasteiger partial charge >= 0.3 is 5.69 Å². The minimum Gasteiger partial charge on any atom is -0.295 e. The monoisotopic (exact) mass is 337 g/mol. The Kier molecular flexibility index (Phi) is 4.10. The summed E-state index contributed by atoms with van der Waals surface area (Å²) in [6, 6.07) is 5.02. The first-order valence-electron chi connectivity index (χ1n) is 8.05. The molecule has 0 N–H and O–H groups in total. The number of sulfonamides is 1. The van der Waals surface area contributed by atoms with Gasteiger partial charge in [-0.05, 0) is 37.5 Å². The molecule has 1 saturated heterocycles. The third kappa shape index (κ3) is 2.52. The largest absolute Gasteiger partial charge is 0.328 e. The number of hydrogen-bond donors (Lipinski definition) is 0. The van der Waals surface area contributed by atoms with Crippen molar-refractivity contribution in [3.8, 4) is 0 Å². The van der Waals surface area contributed by atoms with Crippen molar-refractivity contribution in [3.05, 3.63) is 28.7 Å². The van der Waals surface area contributed by atoms with Crippen LogP contribution in [0.3, 0.4) is 0 Å². The maximum absolute atomic E-state index is 13.0. The summed E-state index contributed by atoms with van der Waals surface area (Å²) in [7, 11) is -0.172. The van der Waals surface area contributed by atoms with Gasteiger partial charge in [-0.3, -0.25) is 9.13 Å². The summed E-state index contributed by atoms with van der Waals surface area (Å²) < 4.78 is 30.7. The smallest absolute Gasteiger partial charge is 0.295 e. The zero-order valence-corrected chi connectivity index (χ0v) is 14.6. The van der Waals surface area contributed by atoms with Crippen LogP contribution in [0.2, 0.25) is 0 Å². The minimum absolute atomic E-state index is 0.0732. The van der Waals surface area contributed by atoms with E-state index in [2.05, 4.69) is 0 Å². The van der Waals surface area contributed by atoms with E-state index in [0.29, 0.717) is 12.1 Å². The highest BCUT2D eigenvalue weighted by Gasteiger charge is 2.32. The number of aryl methyl sites for hydroxylation is 2. The van der Waals surface area contributed by atoms with Gasteiger partial charge < -0.3 is 0 Å². The summed E-state index contributed by atoms with van der Waals surface area (Å²) in [5.74, 6) is 0. The Morgan fingerprint density at radius 1 is 1.13 bits per heavy atom. The van der Waals surface area contributed by atoms with Crippen LogP contribution in [0.5, 0.6) is 0 Å². The first-order valence-corrected chi connectivity index (χ1v) is 9.49. The molecule has 2 aromatic rings. The van der Waals surface area contributed by atoms with Crippen molar-refractivity contribution in [3.63, 3.8) is 0 Å². The lowest BCUT2D eigenvalue weighted by Gasteiger charge is -2.34. The fourth-order valence-electron chi connectivity index (χ4n) is 3.48. The number of rotatable bonds is 3. The molecule has 0 radical (unpaired) electrons. The topological polar surface area (TPSA) is 64.3 Å². The second kappa shape index (κ2) is 5.79. The van der Waals surface area contributed by atoms with Crippen molar-refractivity contribution >= 4 is 21.1 Å². The van der Waals surface area contributed by atoms with E-state index in [1.54, 1.807) is 36.6 Å². The highest BCUT2D eigenvalue weighted by Crippen LogP contribution is 2.28. The van der Waals surface area contributed by atoms with Crippen LogP contribution in [0.1, 0.15) is 32.6 Å². The normalized spacial score (nSPS) is 20.2. The Bertz CT molecular complexity index is 895. The van der Waals surface area contributed by atoms with E-state index in [0.717, 1.165) is 31.2 Å². The Hall–Kier alpha value is -1.60. The van der Waals surface area contributed by atoms with E-state index in [-0.39, 0.29) is 16.6 Å². The average molecular weight is 337 g/mol. The number of imidazole rings is 1. The predicted molar refractivity (Wildman–Crippen MR) is 90.0 cm³/mol. The summed E-state index contributed by atoms with van der Waals surface area (Å²) in [6.45, 7) is 2.61. The average Bonchev–Trinajstić information content (AvgIpc) is 2.79. The zero-order valence-electron chi connectivity index (χ0n) is 13.8. The van der Waals surface area contributed by atoms with Gasteiger partial charge in [-0.15, -0.1) is 0 Å². The Balaban J connectivity index is 2.11. The highest BCUT2D eigenvalue weighted by atomic mass is 32.2. The van der Waals surface area contributed by atoms with Gasteiger partial charge in [-0.25, -0.2) is 13.2 Å². The molecule has 1 unspecified atom stereocenters. The molecular formula is C16H23N3O3S. The van der Waals surface area contributed by atoms with Crippen LogP contribution in [0.25, 0.3) is 11.0 Å². The lowest BCUT2D eigenvalue weighted by Crippen LogP contribution is -2.43. The third-order valence-electron chi connectivity index (χ3n) is 4.89. The van der Waals surface area contributed by atoms with Gasteiger partial charge in [0.25, 0.3) is 0 Å². The molecule has 1 aliphatic rings. The molecule has 1 aromatic heterocycles. The molecule has 1 aliphatic heterocycles. The molecular weight excluding hydrogens is 314 g/mol. The second-order valence-corrected chi connectivity index (χ2v) is 8.12. The zero-order chi connectivity index (χ0) is 16.8. The first-order chi connectivity index (χ1) is 10.9. The van der Waals surface area contributed by atoms with E-state index >= 15 is 0 Å². The third-order valence-corrected chi connectivity index (χ3v) is 6.84. The van der Waals surface area contributed by atoms with Gasteiger partial charge in [-0.2, -0.15) is 4.31 Å². The van der Waals surface area contributed by atoms with Crippen LogP contribution in [-0.2, 0) is 24.1 Å². The fourth-order valence-corrected chi connectivity index (χ4v) is 5.27. The SMILES string of the molecule is CCC1CCCCN1S(=O)(=O)c1ccc2c(c1)n(C)c(=O)n2C. The summed E-state index contributed by atoms with van der Waals surface area (Å²) in [5, 5.41) is 0. The van der Waals surface area contributed by atoms with Crippen LogP contribution in [0.15, 0.2) is 27.9 Å². The van der Waals surface area contributed by atoms with Gasteiger partial charge in [0, 0.05) is 26.7 Å². The van der Waals surface area contributed by atoms with Crippen LogP contribution in [0.4, 0.5) is 0 Å². The number of nitrogens with zero attached hydrogens (tertiary/aromatic N) is 3. The molecule has 7 heteroatoms. The summed E-state index contributed by atoms with van der Waals surface area (Å²) in [6.07, 6.45) is 3.73. The van der Waals surface area contributed by atoms with Crippen molar-refractivity contribution in [1.29, 1.82) is 0 Å². The fraction of sp³-hybridized carbons (Fsp3) is 0.562. The van der Waals surface area contributed by atoms with Gasteiger partial charge in [0.15, 0.2) is 0 Å². The summed E-state index contributed by atoms with van der Waals surface area (Å²) >= 11 is 0. The molecule has 0 aliphatic carbocycles. The molecule has 0 bridgehead atoms. The lowest BCUT2D eigenvalue weighted by molar-refractivity contribution is 0.246. The Labute approximate surface area is 136 Å². The molecule has 0 amide bonds. The molecule has 2 heterocycles. The highest BCUT2D eigenvalue weighted by molar-refractivity contribution is 7.89. The molecule has 6 nitrogen and oxygen atoms in total. The lowest BCUT2D eigenvalue weighted by atomic mass is 10.0. The van der Waals surface area contributed by atoms with E-state index < -0.39 is 10.0 Å². The quantitative estimate of drug-likeness (QED) is 0.858. The maximum Gasteiger partial charge on any atom is 0.328 e. The van der Waals surface area contributed by atoms with Crippen LogP contribution in [0, 0.1) is 0 Å². The van der Waals surface area contributed by atoms with E-state index in [1.165, 1.54) is 9.13 Å². The van der Waals surface area contributed by atoms with Crippen LogP contribution >= 0.6 is 0 Å². The molecule has 0 saturated carbocycles. The van der Waals surface area contributed by atoms with Gasteiger partial charge in [0.1, 0.15) is 0 Å². The summed E-state index contributed by atoms with van der Waals surface area (Å²) in [5.41, 5.74) is 1.23. The van der Waals surface area contributed by atoms with E-state index in [9.17, 15) is 13.2 Å². The minimum atomic E-state index is -3.53. The van der Waals surface area contributed by atoms with Crippen molar-refractivity contribution < 1.29 is 8.42 Å². The molecule has 1 aromatic carbocycles.